The van der Waals surface area contributed by atoms with Gasteiger partial charge >= 0.3 is 0 Å². The number of halogens is 1. The molecule has 0 radical (unpaired) electrons. The molecular weight excluding hydrogens is 346 g/mol. The summed E-state index contributed by atoms with van der Waals surface area (Å²) in [4.78, 5) is 4.14. The van der Waals surface area contributed by atoms with Gasteiger partial charge in [-0.05, 0) is 36.2 Å². The number of hydrogen-bond acceptors (Lipinski definition) is 3. The molecule has 1 aliphatic heterocycles. The fourth-order valence-electron chi connectivity index (χ4n) is 3.49. The molecule has 0 bridgehead atoms. The molecule has 0 spiro atoms. The van der Waals surface area contributed by atoms with Gasteiger partial charge in [-0.25, -0.2) is 0 Å². The standard InChI is InChI=1S/C20H19N5.ClH/c1-2-17-13-25-18(12-23-17)19(15-6-8-22-9-7-15)20(24-25)16-5-3-4-14(10-16)11-21;/h3-10,17,23H,2,12-13H2,1H3;1H. The van der Waals surface area contributed by atoms with Crippen LogP contribution in [-0.4, -0.2) is 20.8 Å². The Kier molecular flexibility index (Phi) is 5.36. The highest BCUT2D eigenvalue weighted by molar-refractivity contribution is 5.83. The quantitative estimate of drug-likeness (QED) is 0.670. The normalized spacial score (nSPS) is 15.6. The van der Waals surface area contributed by atoms with Crippen molar-refractivity contribution in [2.45, 2.75) is 32.5 Å². The third-order valence-corrected chi connectivity index (χ3v) is 4.87. The highest BCUT2D eigenvalue weighted by Crippen LogP contribution is 2.35. The number of hydrogen-bond donors (Lipinski definition) is 1. The molecule has 2 aromatic heterocycles. The number of quaternary nitrogens is 1. The zero-order valence-electron chi connectivity index (χ0n) is 14.6. The summed E-state index contributed by atoms with van der Waals surface area (Å²) in [5.41, 5.74) is 6.11. The molecule has 3 aromatic rings. The molecule has 1 aliphatic rings. The monoisotopic (exact) mass is 365 g/mol. The fourth-order valence-corrected chi connectivity index (χ4v) is 3.49. The van der Waals surface area contributed by atoms with Crippen molar-refractivity contribution < 1.29 is 17.7 Å². The van der Waals surface area contributed by atoms with Gasteiger partial charge in [-0.3, -0.25) is 9.67 Å². The number of rotatable bonds is 3. The lowest BCUT2D eigenvalue weighted by Gasteiger charge is -2.21. The van der Waals surface area contributed by atoms with Gasteiger partial charge in [0.2, 0.25) is 0 Å². The first-order valence-electron chi connectivity index (χ1n) is 8.64. The Morgan fingerprint density at radius 3 is 2.77 bits per heavy atom. The predicted octanol–water partition coefficient (Wildman–Crippen LogP) is -0.657. The second-order valence-electron chi connectivity index (χ2n) is 6.39. The molecule has 26 heavy (non-hydrogen) atoms. The van der Waals surface area contributed by atoms with Gasteiger partial charge in [0, 0.05) is 23.5 Å². The first-order valence-corrected chi connectivity index (χ1v) is 8.64. The van der Waals surface area contributed by atoms with Crippen molar-refractivity contribution in [1.82, 2.24) is 14.8 Å². The minimum absolute atomic E-state index is 0. The van der Waals surface area contributed by atoms with E-state index >= 15 is 0 Å². The maximum Gasteiger partial charge on any atom is 0.119 e. The summed E-state index contributed by atoms with van der Waals surface area (Å²) >= 11 is 0. The van der Waals surface area contributed by atoms with E-state index in [1.165, 1.54) is 5.69 Å². The molecule has 0 amide bonds. The smallest absolute Gasteiger partial charge is 0.119 e. The number of aromatic nitrogens is 3. The van der Waals surface area contributed by atoms with E-state index in [1.54, 1.807) is 0 Å². The van der Waals surface area contributed by atoms with Gasteiger partial charge in [0.25, 0.3) is 0 Å². The third kappa shape index (κ3) is 3.22. The van der Waals surface area contributed by atoms with E-state index in [0.717, 1.165) is 41.9 Å². The maximum absolute atomic E-state index is 9.24. The van der Waals surface area contributed by atoms with Crippen LogP contribution >= 0.6 is 0 Å². The second kappa shape index (κ2) is 7.69. The first kappa shape index (κ1) is 18.1. The topological polar surface area (TPSA) is 71.1 Å². The van der Waals surface area contributed by atoms with Crippen molar-refractivity contribution in [2.75, 3.05) is 0 Å². The Bertz CT molecular complexity index is 943. The van der Waals surface area contributed by atoms with Crippen molar-refractivity contribution in [2.24, 2.45) is 0 Å². The van der Waals surface area contributed by atoms with E-state index in [1.807, 2.05) is 48.8 Å². The van der Waals surface area contributed by atoms with Gasteiger partial charge in [-0.15, -0.1) is 0 Å². The van der Waals surface area contributed by atoms with E-state index in [2.05, 4.69) is 28.0 Å². The molecule has 1 atom stereocenters. The second-order valence-corrected chi connectivity index (χ2v) is 6.39. The van der Waals surface area contributed by atoms with E-state index in [4.69, 9.17) is 5.10 Å². The predicted molar refractivity (Wildman–Crippen MR) is 95.3 cm³/mol. The average Bonchev–Trinajstić information content (AvgIpc) is 3.07. The molecule has 0 saturated carbocycles. The van der Waals surface area contributed by atoms with Crippen LogP contribution in [0.5, 0.6) is 0 Å². The van der Waals surface area contributed by atoms with Crippen LogP contribution in [-0.2, 0) is 13.1 Å². The minimum Gasteiger partial charge on any atom is -1.00 e. The molecule has 6 heteroatoms. The number of nitrogens with two attached hydrogens (primary N) is 1. The van der Waals surface area contributed by atoms with Crippen LogP contribution < -0.4 is 17.7 Å². The van der Waals surface area contributed by atoms with E-state index in [-0.39, 0.29) is 12.4 Å². The molecule has 2 N–H and O–H groups in total. The average molecular weight is 366 g/mol. The fraction of sp³-hybridized carbons (Fsp3) is 0.250. The highest BCUT2D eigenvalue weighted by atomic mass is 35.5. The van der Waals surface area contributed by atoms with Crippen molar-refractivity contribution in [3.63, 3.8) is 0 Å². The number of pyridine rings is 1. The Hall–Kier alpha value is -2.68. The minimum atomic E-state index is 0. The Morgan fingerprint density at radius 1 is 1.23 bits per heavy atom. The van der Waals surface area contributed by atoms with Crippen LogP contribution in [0.1, 0.15) is 24.6 Å². The largest absolute Gasteiger partial charge is 1.00 e. The Labute approximate surface area is 159 Å². The van der Waals surface area contributed by atoms with Crippen molar-refractivity contribution in [3.8, 4) is 28.5 Å². The summed E-state index contributed by atoms with van der Waals surface area (Å²) < 4.78 is 2.15. The highest BCUT2D eigenvalue weighted by Gasteiger charge is 2.28. The molecule has 1 unspecified atom stereocenters. The summed E-state index contributed by atoms with van der Waals surface area (Å²) in [6.07, 6.45) is 4.76. The maximum atomic E-state index is 9.24. The van der Waals surface area contributed by atoms with Crippen LogP contribution in [0.25, 0.3) is 22.4 Å². The Balaban J connectivity index is 0.00000196. The third-order valence-electron chi connectivity index (χ3n) is 4.87. The van der Waals surface area contributed by atoms with Gasteiger partial charge in [0.1, 0.15) is 24.0 Å². The van der Waals surface area contributed by atoms with Crippen LogP contribution in [0.3, 0.4) is 0 Å². The van der Waals surface area contributed by atoms with Gasteiger partial charge in [-0.2, -0.15) is 10.4 Å². The molecule has 0 saturated heterocycles. The van der Waals surface area contributed by atoms with Crippen LogP contribution in [0.2, 0.25) is 0 Å². The molecule has 0 fully saturated rings. The molecular formula is C20H20ClN5. The molecule has 132 valence electrons. The van der Waals surface area contributed by atoms with Gasteiger partial charge in [-0.1, -0.05) is 19.1 Å². The first-order chi connectivity index (χ1) is 12.3. The van der Waals surface area contributed by atoms with Gasteiger partial charge in [0.05, 0.1) is 18.2 Å². The van der Waals surface area contributed by atoms with Crippen molar-refractivity contribution in [3.05, 3.63) is 60.0 Å². The number of nitriles is 1. The zero-order valence-corrected chi connectivity index (χ0v) is 15.3. The molecule has 3 heterocycles. The lowest BCUT2D eigenvalue weighted by Crippen LogP contribution is -3.00. The van der Waals surface area contributed by atoms with Gasteiger partial charge < -0.3 is 17.7 Å². The summed E-state index contributed by atoms with van der Waals surface area (Å²) in [7, 11) is 0. The van der Waals surface area contributed by atoms with Crippen LogP contribution in [0.15, 0.2) is 48.8 Å². The van der Waals surface area contributed by atoms with Gasteiger partial charge in [0.15, 0.2) is 0 Å². The molecule has 1 aromatic carbocycles. The van der Waals surface area contributed by atoms with E-state index in [0.29, 0.717) is 11.6 Å². The summed E-state index contributed by atoms with van der Waals surface area (Å²) in [6, 6.07) is 14.5. The van der Waals surface area contributed by atoms with Crippen LogP contribution in [0.4, 0.5) is 0 Å². The summed E-state index contributed by atoms with van der Waals surface area (Å²) in [5, 5.41) is 16.6. The zero-order chi connectivity index (χ0) is 17.2. The SMILES string of the molecule is CCC1Cn2nc(-c3cccc(C#N)c3)c(-c3ccncc3)c2C[NH2+]1.[Cl-]. The Morgan fingerprint density at radius 2 is 2.04 bits per heavy atom. The van der Waals surface area contributed by atoms with Crippen LogP contribution in [0, 0.1) is 11.3 Å². The lowest BCUT2D eigenvalue weighted by molar-refractivity contribution is -0.712. The number of nitrogens with zero attached hydrogens (tertiary/aromatic N) is 4. The number of fused-ring (bicyclic) bond motifs is 1. The van der Waals surface area contributed by atoms with E-state index in [9.17, 15) is 5.26 Å². The number of benzene rings is 1. The summed E-state index contributed by atoms with van der Waals surface area (Å²) in [6.45, 7) is 4.06. The van der Waals surface area contributed by atoms with Crippen molar-refractivity contribution >= 4 is 0 Å². The van der Waals surface area contributed by atoms with Crippen molar-refractivity contribution in [1.29, 1.82) is 5.26 Å². The molecule has 0 aliphatic carbocycles. The summed E-state index contributed by atoms with van der Waals surface area (Å²) in [5.74, 6) is 0. The lowest BCUT2D eigenvalue weighted by atomic mass is 9.98. The van der Waals surface area contributed by atoms with E-state index < -0.39 is 0 Å². The molecule has 5 nitrogen and oxygen atoms in total. The molecule has 4 rings (SSSR count).